The van der Waals surface area contributed by atoms with Crippen molar-refractivity contribution in [1.29, 1.82) is 0 Å². The molecule has 1 atom stereocenters. The maximum atomic E-state index is 13.1. The van der Waals surface area contributed by atoms with Crippen LogP contribution in [0.5, 0.6) is 0 Å². The fraction of sp³-hybridized carbons (Fsp3) is 0.300. The third-order valence-electron chi connectivity index (χ3n) is 1.93. The first-order chi connectivity index (χ1) is 6.43. The van der Waals surface area contributed by atoms with Gasteiger partial charge in [-0.1, -0.05) is 0 Å². The third-order valence-corrected chi connectivity index (χ3v) is 1.93. The minimum atomic E-state index is -0.865. The Balaban J connectivity index is 3.22. The van der Waals surface area contributed by atoms with Crippen LogP contribution in [0.3, 0.4) is 0 Å². The van der Waals surface area contributed by atoms with Crippen molar-refractivity contribution in [2.24, 2.45) is 5.73 Å². The first-order valence-electron chi connectivity index (χ1n) is 4.19. The predicted octanol–water partition coefficient (Wildman–Crippen LogP) is 1.80. The summed E-state index contributed by atoms with van der Waals surface area (Å²) in [7, 11) is 0. The summed E-state index contributed by atoms with van der Waals surface area (Å²) < 4.78 is 26.0. The van der Waals surface area contributed by atoms with Gasteiger partial charge in [0, 0.05) is 6.07 Å². The lowest BCUT2D eigenvalue weighted by atomic mass is 10.0. The quantitative estimate of drug-likeness (QED) is 0.738. The topological polar surface area (TPSA) is 43.1 Å². The number of hydrogen-bond donors (Lipinski definition) is 1. The molecule has 1 aromatic carbocycles. The van der Waals surface area contributed by atoms with Crippen LogP contribution >= 0.6 is 0 Å². The Hall–Kier alpha value is -1.29. The highest BCUT2D eigenvalue weighted by molar-refractivity contribution is 6.00. The second-order valence-corrected chi connectivity index (χ2v) is 3.23. The Morgan fingerprint density at radius 2 is 1.93 bits per heavy atom. The molecule has 4 heteroatoms. The van der Waals surface area contributed by atoms with E-state index in [9.17, 15) is 13.6 Å². The largest absolute Gasteiger partial charge is 0.321 e. The molecule has 14 heavy (non-hydrogen) atoms. The zero-order valence-corrected chi connectivity index (χ0v) is 7.97. The lowest BCUT2D eigenvalue weighted by Crippen LogP contribution is -2.27. The Labute approximate surface area is 80.7 Å². The Bertz CT molecular complexity index is 375. The summed E-state index contributed by atoms with van der Waals surface area (Å²) in [5, 5.41) is 0. The van der Waals surface area contributed by atoms with Crippen LogP contribution in [0.2, 0.25) is 0 Å². The van der Waals surface area contributed by atoms with Crippen LogP contribution < -0.4 is 5.73 Å². The average molecular weight is 199 g/mol. The molecule has 0 fully saturated rings. The van der Waals surface area contributed by atoms with Gasteiger partial charge in [0.15, 0.2) is 5.78 Å². The number of ketones is 1. The van der Waals surface area contributed by atoms with Gasteiger partial charge in [-0.25, -0.2) is 8.78 Å². The first-order valence-corrected chi connectivity index (χ1v) is 4.19. The molecule has 0 aliphatic rings. The maximum Gasteiger partial charge on any atom is 0.182 e. The molecule has 0 spiro atoms. The van der Waals surface area contributed by atoms with Gasteiger partial charge in [-0.2, -0.15) is 0 Å². The van der Waals surface area contributed by atoms with Crippen LogP contribution in [0.15, 0.2) is 12.1 Å². The number of halogens is 2. The molecular weight excluding hydrogens is 188 g/mol. The summed E-state index contributed by atoms with van der Waals surface area (Å²) in [5.41, 5.74) is 5.39. The van der Waals surface area contributed by atoms with Crippen molar-refractivity contribution in [3.63, 3.8) is 0 Å². The standard InChI is InChI=1S/C10H11F2NO/c1-5-3-7(10(14)6(2)13)9(12)4-8(5)11/h3-4,6H,13H2,1-2H3. The van der Waals surface area contributed by atoms with E-state index >= 15 is 0 Å². The van der Waals surface area contributed by atoms with E-state index in [-0.39, 0.29) is 11.1 Å². The molecule has 0 amide bonds. The summed E-state index contributed by atoms with van der Waals surface area (Å²) in [6.45, 7) is 2.92. The Morgan fingerprint density at radius 3 is 2.43 bits per heavy atom. The third kappa shape index (κ3) is 1.96. The maximum absolute atomic E-state index is 13.1. The van der Waals surface area contributed by atoms with E-state index in [0.29, 0.717) is 6.07 Å². The average Bonchev–Trinajstić information content (AvgIpc) is 2.10. The molecule has 0 heterocycles. The van der Waals surface area contributed by atoms with E-state index < -0.39 is 23.5 Å². The molecule has 0 aliphatic carbocycles. The molecule has 0 bridgehead atoms. The second-order valence-electron chi connectivity index (χ2n) is 3.23. The number of aryl methyl sites for hydroxylation is 1. The monoisotopic (exact) mass is 199 g/mol. The summed E-state index contributed by atoms with van der Waals surface area (Å²) in [4.78, 5) is 11.3. The highest BCUT2D eigenvalue weighted by atomic mass is 19.1. The SMILES string of the molecule is Cc1cc(C(=O)C(C)N)c(F)cc1F. The predicted molar refractivity (Wildman–Crippen MR) is 49.1 cm³/mol. The van der Waals surface area contributed by atoms with Crippen molar-refractivity contribution in [3.8, 4) is 0 Å². The van der Waals surface area contributed by atoms with Gasteiger partial charge in [0.25, 0.3) is 0 Å². The molecule has 0 aliphatic heterocycles. The molecule has 2 N–H and O–H groups in total. The molecule has 0 aromatic heterocycles. The van der Waals surface area contributed by atoms with Gasteiger partial charge in [0.2, 0.25) is 0 Å². The van der Waals surface area contributed by atoms with E-state index in [1.165, 1.54) is 19.9 Å². The number of rotatable bonds is 2. The van der Waals surface area contributed by atoms with Gasteiger partial charge in [-0.05, 0) is 25.5 Å². The van der Waals surface area contributed by atoms with E-state index in [1.54, 1.807) is 0 Å². The van der Waals surface area contributed by atoms with Crippen molar-refractivity contribution < 1.29 is 13.6 Å². The van der Waals surface area contributed by atoms with Gasteiger partial charge >= 0.3 is 0 Å². The smallest absolute Gasteiger partial charge is 0.182 e. The second kappa shape index (κ2) is 3.84. The normalized spacial score (nSPS) is 12.6. The first kappa shape index (κ1) is 10.8. The zero-order valence-electron chi connectivity index (χ0n) is 7.97. The fourth-order valence-corrected chi connectivity index (χ4v) is 1.09. The van der Waals surface area contributed by atoms with Gasteiger partial charge in [-0.15, -0.1) is 0 Å². The molecule has 1 rings (SSSR count). The summed E-state index contributed by atoms with van der Waals surface area (Å²) in [6.07, 6.45) is 0. The van der Waals surface area contributed by atoms with Crippen molar-refractivity contribution in [3.05, 3.63) is 34.9 Å². The van der Waals surface area contributed by atoms with E-state index in [0.717, 1.165) is 0 Å². The molecule has 0 saturated heterocycles. The molecular formula is C10H11F2NO. The van der Waals surface area contributed by atoms with Crippen LogP contribution in [0.25, 0.3) is 0 Å². The number of nitrogens with two attached hydrogens (primary N) is 1. The lowest BCUT2D eigenvalue weighted by Gasteiger charge is -2.07. The highest BCUT2D eigenvalue weighted by Gasteiger charge is 2.17. The minimum Gasteiger partial charge on any atom is -0.321 e. The van der Waals surface area contributed by atoms with Crippen molar-refractivity contribution in [1.82, 2.24) is 0 Å². The Kier molecular flexibility index (Phi) is 2.96. The summed E-state index contributed by atoms with van der Waals surface area (Å²) in [6, 6.07) is 1.09. The molecule has 1 unspecified atom stereocenters. The number of benzene rings is 1. The molecule has 1 aromatic rings. The number of hydrogen-bond acceptors (Lipinski definition) is 2. The van der Waals surface area contributed by atoms with Crippen LogP contribution in [0.1, 0.15) is 22.8 Å². The number of carbonyl (C=O) groups is 1. The molecule has 76 valence electrons. The minimum absolute atomic E-state index is 0.154. The summed E-state index contributed by atoms with van der Waals surface area (Å²) >= 11 is 0. The van der Waals surface area contributed by atoms with Crippen LogP contribution in [-0.4, -0.2) is 11.8 Å². The highest BCUT2D eigenvalue weighted by Crippen LogP contribution is 2.15. The van der Waals surface area contributed by atoms with Gasteiger partial charge < -0.3 is 5.73 Å². The van der Waals surface area contributed by atoms with Gasteiger partial charge in [0.1, 0.15) is 11.6 Å². The van der Waals surface area contributed by atoms with Crippen molar-refractivity contribution in [2.45, 2.75) is 19.9 Å². The van der Waals surface area contributed by atoms with Crippen molar-refractivity contribution in [2.75, 3.05) is 0 Å². The van der Waals surface area contributed by atoms with Crippen LogP contribution in [0.4, 0.5) is 8.78 Å². The van der Waals surface area contributed by atoms with Crippen LogP contribution in [0, 0.1) is 18.6 Å². The number of carbonyl (C=O) groups excluding carboxylic acids is 1. The Morgan fingerprint density at radius 1 is 1.36 bits per heavy atom. The molecule has 0 radical (unpaired) electrons. The van der Waals surface area contributed by atoms with Crippen molar-refractivity contribution >= 4 is 5.78 Å². The van der Waals surface area contributed by atoms with E-state index in [2.05, 4.69) is 0 Å². The number of Topliss-reactive ketones (excluding diaryl/α,β-unsaturated/α-hetero) is 1. The van der Waals surface area contributed by atoms with Gasteiger partial charge in [0.05, 0.1) is 11.6 Å². The van der Waals surface area contributed by atoms with Gasteiger partial charge in [-0.3, -0.25) is 4.79 Å². The lowest BCUT2D eigenvalue weighted by molar-refractivity contribution is 0.0964. The van der Waals surface area contributed by atoms with Crippen LogP contribution in [-0.2, 0) is 0 Å². The fourth-order valence-electron chi connectivity index (χ4n) is 1.09. The molecule has 0 saturated carbocycles. The molecule has 2 nitrogen and oxygen atoms in total. The zero-order chi connectivity index (χ0) is 10.9. The van der Waals surface area contributed by atoms with E-state index in [1.807, 2.05) is 0 Å². The van der Waals surface area contributed by atoms with E-state index in [4.69, 9.17) is 5.73 Å². The summed E-state index contributed by atoms with van der Waals surface area (Å²) in [5.74, 6) is -2.05.